The molecule has 110 valence electrons. The van der Waals surface area contributed by atoms with Gasteiger partial charge in [-0.05, 0) is 37.6 Å². The fourth-order valence-electron chi connectivity index (χ4n) is 2.22. The van der Waals surface area contributed by atoms with E-state index in [-0.39, 0.29) is 5.91 Å². The molecule has 3 nitrogen and oxygen atoms in total. The molecule has 0 heterocycles. The molecule has 0 saturated carbocycles. The van der Waals surface area contributed by atoms with Crippen molar-refractivity contribution >= 4 is 5.91 Å². The van der Waals surface area contributed by atoms with Crippen LogP contribution in [-0.2, 0) is 6.54 Å². The number of carbonyl (C=O) groups is 1. The summed E-state index contributed by atoms with van der Waals surface area (Å²) < 4.78 is 0. The Morgan fingerprint density at radius 3 is 2.33 bits per heavy atom. The van der Waals surface area contributed by atoms with E-state index in [0.29, 0.717) is 19.6 Å². The first-order chi connectivity index (χ1) is 10.2. The fraction of sp³-hybridized carbons (Fsp3) is 0.278. The van der Waals surface area contributed by atoms with Gasteiger partial charge in [-0.3, -0.25) is 4.79 Å². The first kappa shape index (κ1) is 15.3. The van der Waals surface area contributed by atoms with Crippen molar-refractivity contribution in [3.05, 3.63) is 71.3 Å². The molecule has 0 aromatic heterocycles. The van der Waals surface area contributed by atoms with E-state index in [0.717, 1.165) is 23.1 Å². The van der Waals surface area contributed by atoms with Crippen molar-refractivity contribution in [1.29, 1.82) is 0 Å². The van der Waals surface area contributed by atoms with Gasteiger partial charge in [0, 0.05) is 18.7 Å². The molecule has 0 unspecified atom stereocenters. The highest BCUT2D eigenvalue weighted by atomic mass is 16.2. The maximum atomic E-state index is 12.7. The Morgan fingerprint density at radius 2 is 1.71 bits per heavy atom. The first-order valence-electron chi connectivity index (χ1n) is 7.30. The summed E-state index contributed by atoms with van der Waals surface area (Å²) in [7, 11) is 0. The number of hydrogen-bond acceptors (Lipinski definition) is 2. The Bertz CT molecular complexity index is 564. The van der Waals surface area contributed by atoms with Gasteiger partial charge in [0.1, 0.15) is 0 Å². The summed E-state index contributed by atoms with van der Waals surface area (Å²) in [5, 5.41) is 0. The molecule has 0 aliphatic carbocycles. The first-order valence-corrected chi connectivity index (χ1v) is 7.30. The molecule has 0 radical (unpaired) electrons. The Hall–Kier alpha value is -2.13. The highest BCUT2D eigenvalue weighted by Gasteiger charge is 2.15. The molecule has 0 fully saturated rings. The van der Waals surface area contributed by atoms with Crippen molar-refractivity contribution in [2.45, 2.75) is 19.9 Å². The van der Waals surface area contributed by atoms with Gasteiger partial charge < -0.3 is 10.6 Å². The van der Waals surface area contributed by atoms with Crippen molar-refractivity contribution < 1.29 is 4.79 Å². The second-order valence-electron chi connectivity index (χ2n) is 5.22. The van der Waals surface area contributed by atoms with Crippen LogP contribution in [0.25, 0.3) is 0 Å². The van der Waals surface area contributed by atoms with Crippen molar-refractivity contribution in [2.75, 3.05) is 13.1 Å². The minimum absolute atomic E-state index is 0.0623. The van der Waals surface area contributed by atoms with Crippen LogP contribution in [0.4, 0.5) is 0 Å². The zero-order valence-electron chi connectivity index (χ0n) is 12.5. The summed E-state index contributed by atoms with van der Waals surface area (Å²) in [5.41, 5.74) is 8.61. The maximum absolute atomic E-state index is 12.7. The highest BCUT2D eigenvalue weighted by molar-refractivity contribution is 5.94. The largest absolute Gasteiger partial charge is 0.334 e. The van der Waals surface area contributed by atoms with E-state index in [1.54, 1.807) is 0 Å². The molecule has 1 amide bonds. The lowest BCUT2D eigenvalue weighted by molar-refractivity contribution is 0.0742. The summed E-state index contributed by atoms with van der Waals surface area (Å²) in [6.45, 7) is 3.91. The van der Waals surface area contributed by atoms with Gasteiger partial charge in [0.05, 0.1) is 0 Å². The number of nitrogens with zero attached hydrogens (tertiary/aromatic N) is 1. The average molecular weight is 282 g/mol. The molecule has 2 rings (SSSR count). The van der Waals surface area contributed by atoms with E-state index in [4.69, 9.17) is 5.73 Å². The zero-order chi connectivity index (χ0) is 15.1. The lowest BCUT2D eigenvalue weighted by atomic mass is 10.1. The molecule has 0 saturated heterocycles. The molecule has 2 N–H and O–H groups in total. The molecule has 0 bridgehead atoms. The predicted octanol–water partition coefficient (Wildman–Crippen LogP) is 2.99. The van der Waals surface area contributed by atoms with Crippen LogP contribution in [0.1, 0.15) is 27.9 Å². The number of hydrogen-bond donors (Lipinski definition) is 1. The summed E-state index contributed by atoms with van der Waals surface area (Å²) >= 11 is 0. The second kappa shape index (κ2) is 7.60. The van der Waals surface area contributed by atoms with E-state index in [2.05, 4.69) is 0 Å². The molecule has 3 heteroatoms. The molecular weight excluding hydrogens is 260 g/mol. The van der Waals surface area contributed by atoms with E-state index < -0.39 is 0 Å². The van der Waals surface area contributed by atoms with Crippen LogP contribution in [0.2, 0.25) is 0 Å². The molecule has 0 aliphatic rings. The Kier molecular flexibility index (Phi) is 5.52. The van der Waals surface area contributed by atoms with E-state index in [1.165, 1.54) is 0 Å². The molecule has 21 heavy (non-hydrogen) atoms. The third-order valence-electron chi connectivity index (χ3n) is 3.43. The zero-order valence-corrected chi connectivity index (χ0v) is 12.5. The average Bonchev–Trinajstić information content (AvgIpc) is 2.52. The van der Waals surface area contributed by atoms with Gasteiger partial charge in [0.2, 0.25) is 0 Å². The molecule has 0 aliphatic heterocycles. The van der Waals surface area contributed by atoms with Gasteiger partial charge in [-0.2, -0.15) is 0 Å². The van der Waals surface area contributed by atoms with Crippen LogP contribution >= 0.6 is 0 Å². The third kappa shape index (κ3) is 4.43. The van der Waals surface area contributed by atoms with Gasteiger partial charge in [0.15, 0.2) is 0 Å². The Balaban J connectivity index is 2.14. The highest BCUT2D eigenvalue weighted by Crippen LogP contribution is 2.11. The SMILES string of the molecule is Cc1ccc(C(=O)N(CCCN)Cc2ccccc2)cc1. The summed E-state index contributed by atoms with van der Waals surface area (Å²) in [6.07, 6.45) is 0.810. The van der Waals surface area contributed by atoms with Crippen molar-refractivity contribution in [3.63, 3.8) is 0 Å². The predicted molar refractivity (Wildman–Crippen MR) is 86.0 cm³/mol. The van der Waals surface area contributed by atoms with Crippen LogP contribution in [-0.4, -0.2) is 23.9 Å². The van der Waals surface area contributed by atoms with Gasteiger partial charge in [-0.1, -0.05) is 48.0 Å². The van der Waals surface area contributed by atoms with E-state index in [1.807, 2.05) is 66.4 Å². The van der Waals surface area contributed by atoms with E-state index >= 15 is 0 Å². The normalized spacial score (nSPS) is 10.4. The summed E-state index contributed by atoms with van der Waals surface area (Å²) in [5.74, 6) is 0.0623. The monoisotopic (exact) mass is 282 g/mol. The standard InChI is InChI=1S/C18H22N2O/c1-15-8-10-17(11-9-15)18(21)20(13-5-12-19)14-16-6-3-2-4-7-16/h2-4,6-11H,5,12-14,19H2,1H3. The van der Waals surface area contributed by atoms with Crippen LogP contribution in [0.5, 0.6) is 0 Å². The molecule has 2 aromatic carbocycles. The maximum Gasteiger partial charge on any atom is 0.254 e. The number of nitrogens with two attached hydrogens (primary N) is 1. The lowest BCUT2D eigenvalue weighted by Crippen LogP contribution is -2.32. The lowest BCUT2D eigenvalue weighted by Gasteiger charge is -2.23. The number of aryl methyl sites for hydroxylation is 1. The van der Waals surface area contributed by atoms with Gasteiger partial charge in [-0.25, -0.2) is 0 Å². The van der Waals surface area contributed by atoms with Gasteiger partial charge in [0.25, 0.3) is 5.91 Å². The topological polar surface area (TPSA) is 46.3 Å². The van der Waals surface area contributed by atoms with Crippen LogP contribution < -0.4 is 5.73 Å². The summed E-state index contributed by atoms with van der Waals surface area (Å²) in [4.78, 5) is 14.5. The molecular formula is C18H22N2O. The summed E-state index contributed by atoms with van der Waals surface area (Å²) in [6, 6.07) is 17.8. The number of rotatable bonds is 6. The van der Waals surface area contributed by atoms with Gasteiger partial charge >= 0.3 is 0 Å². The molecule has 2 aromatic rings. The van der Waals surface area contributed by atoms with Gasteiger partial charge in [-0.15, -0.1) is 0 Å². The quantitative estimate of drug-likeness (QED) is 0.885. The number of benzene rings is 2. The van der Waals surface area contributed by atoms with Crippen molar-refractivity contribution in [2.24, 2.45) is 5.73 Å². The molecule has 0 atom stereocenters. The van der Waals surface area contributed by atoms with Crippen LogP contribution in [0.15, 0.2) is 54.6 Å². The number of carbonyl (C=O) groups excluding carboxylic acids is 1. The third-order valence-corrected chi connectivity index (χ3v) is 3.43. The van der Waals surface area contributed by atoms with Crippen LogP contribution in [0.3, 0.4) is 0 Å². The second-order valence-corrected chi connectivity index (χ2v) is 5.22. The molecule has 0 spiro atoms. The minimum Gasteiger partial charge on any atom is -0.334 e. The van der Waals surface area contributed by atoms with E-state index in [9.17, 15) is 4.79 Å². The van der Waals surface area contributed by atoms with Crippen molar-refractivity contribution in [3.8, 4) is 0 Å². The minimum atomic E-state index is 0.0623. The van der Waals surface area contributed by atoms with Crippen LogP contribution in [0, 0.1) is 6.92 Å². The number of amides is 1. The Morgan fingerprint density at radius 1 is 1.05 bits per heavy atom. The smallest absolute Gasteiger partial charge is 0.254 e. The Labute approximate surface area is 126 Å². The fourth-order valence-corrected chi connectivity index (χ4v) is 2.22. The van der Waals surface area contributed by atoms with Crippen molar-refractivity contribution in [1.82, 2.24) is 4.90 Å².